The van der Waals surface area contributed by atoms with Gasteiger partial charge in [0, 0.05) is 11.1 Å². The number of nitrogens with one attached hydrogen (secondary N) is 1. The molecular weight excluding hydrogens is 234 g/mol. The van der Waals surface area contributed by atoms with Crippen LogP contribution in [0.25, 0.3) is 10.9 Å². The normalized spacial score (nSPS) is 11.0. The number of pyridine rings is 1. The molecule has 0 saturated carbocycles. The van der Waals surface area contributed by atoms with E-state index in [1.807, 2.05) is 24.3 Å². The lowest BCUT2D eigenvalue weighted by atomic mass is 10.0. The van der Waals surface area contributed by atoms with Crippen LogP contribution in [0.2, 0.25) is 0 Å². The Hall–Kier alpha value is -1.57. The van der Waals surface area contributed by atoms with E-state index in [9.17, 15) is 4.79 Å². The maximum absolute atomic E-state index is 11.9. The first-order chi connectivity index (χ1) is 9.31. The van der Waals surface area contributed by atoms with Gasteiger partial charge < -0.3 is 4.98 Å². The molecule has 0 fully saturated rings. The minimum atomic E-state index is 0.0762. The van der Waals surface area contributed by atoms with E-state index in [0.717, 1.165) is 29.3 Å². The van der Waals surface area contributed by atoms with E-state index in [2.05, 4.69) is 18.0 Å². The Morgan fingerprint density at radius 2 is 1.74 bits per heavy atom. The Morgan fingerprint density at radius 1 is 1.00 bits per heavy atom. The lowest BCUT2D eigenvalue weighted by Crippen LogP contribution is -2.12. The van der Waals surface area contributed by atoms with Gasteiger partial charge in [0.1, 0.15) is 0 Å². The number of H-pyrrole nitrogens is 1. The van der Waals surface area contributed by atoms with Gasteiger partial charge in [0.2, 0.25) is 0 Å². The number of para-hydroxylation sites is 1. The van der Waals surface area contributed by atoms with Gasteiger partial charge in [0.05, 0.1) is 0 Å². The average Bonchev–Trinajstić information content (AvgIpc) is 2.43. The fourth-order valence-electron chi connectivity index (χ4n) is 2.47. The standard InChI is InChI=1S/C17H23NO/c1-2-3-4-5-6-7-11-15-13-14-10-8-9-12-16(14)18-17(15)19/h8-10,12-13H,2-7,11H2,1H3,(H,18,19). The van der Waals surface area contributed by atoms with Crippen molar-refractivity contribution in [1.29, 1.82) is 0 Å². The fraction of sp³-hybridized carbons (Fsp3) is 0.471. The van der Waals surface area contributed by atoms with E-state index in [1.165, 1.54) is 32.1 Å². The lowest BCUT2D eigenvalue weighted by Gasteiger charge is -2.03. The van der Waals surface area contributed by atoms with Crippen molar-refractivity contribution < 1.29 is 0 Å². The van der Waals surface area contributed by atoms with Crippen LogP contribution in [0.15, 0.2) is 35.1 Å². The van der Waals surface area contributed by atoms with E-state index >= 15 is 0 Å². The fourth-order valence-corrected chi connectivity index (χ4v) is 2.47. The number of hydrogen-bond donors (Lipinski definition) is 1. The molecule has 0 bridgehead atoms. The van der Waals surface area contributed by atoms with Crippen LogP contribution in [0.1, 0.15) is 51.0 Å². The van der Waals surface area contributed by atoms with Crippen molar-refractivity contribution in [2.45, 2.75) is 51.9 Å². The molecule has 0 radical (unpaired) electrons. The molecule has 0 saturated heterocycles. The van der Waals surface area contributed by atoms with Crippen LogP contribution in [0, 0.1) is 0 Å². The van der Waals surface area contributed by atoms with Gasteiger partial charge in [-0.3, -0.25) is 4.79 Å². The number of rotatable bonds is 7. The molecule has 19 heavy (non-hydrogen) atoms. The highest BCUT2D eigenvalue weighted by Gasteiger charge is 2.02. The number of aryl methyl sites for hydroxylation is 1. The Morgan fingerprint density at radius 3 is 2.58 bits per heavy atom. The van der Waals surface area contributed by atoms with Gasteiger partial charge in [-0.1, -0.05) is 57.2 Å². The zero-order valence-corrected chi connectivity index (χ0v) is 11.7. The topological polar surface area (TPSA) is 32.9 Å². The maximum atomic E-state index is 11.9. The van der Waals surface area contributed by atoms with Crippen LogP contribution in [0.3, 0.4) is 0 Å². The SMILES string of the molecule is CCCCCCCCc1cc2ccccc2[nH]c1=O. The summed E-state index contributed by atoms with van der Waals surface area (Å²) in [6, 6.07) is 10.0. The van der Waals surface area contributed by atoms with Crippen LogP contribution in [0.5, 0.6) is 0 Å². The van der Waals surface area contributed by atoms with E-state index < -0.39 is 0 Å². The molecule has 0 atom stereocenters. The molecule has 2 heteroatoms. The molecule has 2 rings (SSSR count). The Balaban J connectivity index is 1.93. The average molecular weight is 257 g/mol. The lowest BCUT2D eigenvalue weighted by molar-refractivity contribution is 0.606. The summed E-state index contributed by atoms with van der Waals surface area (Å²) < 4.78 is 0. The Bertz CT molecular complexity index is 571. The predicted molar refractivity (Wildman–Crippen MR) is 81.6 cm³/mol. The summed E-state index contributed by atoms with van der Waals surface area (Å²) in [7, 11) is 0. The van der Waals surface area contributed by atoms with Crippen LogP contribution < -0.4 is 5.56 Å². The Kier molecular flexibility index (Phi) is 5.20. The molecule has 0 amide bonds. The predicted octanol–water partition coefficient (Wildman–Crippen LogP) is 4.43. The van der Waals surface area contributed by atoms with Crippen molar-refractivity contribution in [3.8, 4) is 0 Å². The number of fused-ring (bicyclic) bond motifs is 1. The van der Waals surface area contributed by atoms with Crippen LogP contribution >= 0.6 is 0 Å². The third-order valence-corrected chi connectivity index (χ3v) is 3.63. The second-order valence-electron chi connectivity index (χ2n) is 5.23. The Labute approximate surface area is 114 Å². The molecule has 2 aromatic rings. The summed E-state index contributed by atoms with van der Waals surface area (Å²) in [6.45, 7) is 2.23. The molecule has 0 aliphatic heterocycles. The quantitative estimate of drug-likeness (QED) is 0.731. The molecule has 0 spiro atoms. The van der Waals surface area contributed by atoms with Crippen molar-refractivity contribution in [2.75, 3.05) is 0 Å². The minimum Gasteiger partial charge on any atom is -0.322 e. The van der Waals surface area contributed by atoms with Gasteiger partial charge >= 0.3 is 0 Å². The van der Waals surface area contributed by atoms with Gasteiger partial charge in [0.25, 0.3) is 5.56 Å². The van der Waals surface area contributed by atoms with E-state index in [4.69, 9.17) is 0 Å². The molecule has 1 N–H and O–H groups in total. The van der Waals surface area contributed by atoms with Crippen LogP contribution in [-0.4, -0.2) is 4.98 Å². The highest BCUT2D eigenvalue weighted by atomic mass is 16.1. The van der Waals surface area contributed by atoms with Gasteiger partial charge in [0.15, 0.2) is 0 Å². The summed E-state index contributed by atoms with van der Waals surface area (Å²) in [6.07, 6.45) is 8.47. The summed E-state index contributed by atoms with van der Waals surface area (Å²) in [5.74, 6) is 0. The molecule has 1 aromatic heterocycles. The highest BCUT2D eigenvalue weighted by Crippen LogP contribution is 2.12. The third-order valence-electron chi connectivity index (χ3n) is 3.63. The van der Waals surface area contributed by atoms with Crippen molar-refractivity contribution in [2.24, 2.45) is 0 Å². The molecular formula is C17H23NO. The first-order valence-corrected chi connectivity index (χ1v) is 7.42. The number of aromatic amines is 1. The molecule has 1 heterocycles. The maximum Gasteiger partial charge on any atom is 0.251 e. The minimum absolute atomic E-state index is 0.0762. The number of unbranched alkanes of at least 4 members (excludes halogenated alkanes) is 5. The number of hydrogen-bond acceptors (Lipinski definition) is 1. The monoisotopic (exact) mass is 257 g/mol. The first-order valence-electron chi connectivity index (χ1n) is 7.42. The van der Waals surface area contributed by atoms with E-state index in [0.29, 0.717) is 0 Å². The van der Waals surface area contributed by atoms with Gasteiger partial charge in [-0.25, -0.2) is 0 Å². The third kappa shape index (κ3) is 3.95. The van der Waals surface area contributed by atoms with Crippen molar-refractivity contribution in [1.82, 2.24) is 4.98 Å². The second-order valence-corrected chi connectivity index (χ2v) is 5.23. The van der Waals surface area contributed by atoms with Crippen LogP contribution in [0.4, 0.5) is 0 Å². The first kappa shape index (κ1) is 13.9. The van der Waals surface area contributed by atoms with Crippen molar-refractivity contribution in [3.05, 3.63) is 46.2 Å². The summed E-state index contributed by atoms with van der Waals surface area (Å²) in [4.78, 5) is 14.9. The molecule has 0 aliphatic rings. The summed E-state index contributed by atoms with van der Waals surface area (Å²) in [5, 5.41) is 1.13. The second kappa shape index (κ2) is 7.13. The largest absolute Gasteiger partial charge is 0.322 e. The zero-order valence-electron chi connectivity index (χ0n) is 11.7. The van der Waals surface area contributed by atoms with E-state index in [-0.39, 0.29) is 5.56 Å². The van der Waals surface area contributed by atoms with Gasteiger partial charge in [-0.05, 0) is 30.4 Å². The molecule has 0 aliphatic carbocycles. The van der Waals surface area contributed by atoms with Crippen molar-refractivity contribution in [3.63, 3.8) is 0 Å². The molecule has 0 unspecified atom stereocenters. The van der Waals surface area contributed by atoms with Gasteiger partial charge in [-0.15, -0.1) is 0 Å². The van der Waals surface area contributed by atoms with Gasteiger partial charge in [-0.2, -0.15) is 0 Å². The zero-order chi connectivity index (χ0) is 13.5. The number of benzene rings is 1. The number of aromatic nitrogens is 1. The molecule has 1 aromatic carbocycles. The molecule has 102 valence electrons. The highest BCUT2D eigenvalue weighted by molar-refractivity contribution is 5.78. The summed E-state index contributed by atoms with van der Waals surface area (Å²) >= 11 is 0. The smallest absolute Gasteiger partial charge is 0.251 e. The van der Waals surface area contributed by atoms with Crippen molar-refractivity contribution >= 4 is 10.9 Å². The summed E-state index contributed by atoms with van der Waals surface area (Å²) in [5.41, 5.74) is 1.93. The van der Waals surface area contributed by atoms with Crippen LogP contribution in [-0.2, 0) is 6.42 Å². The molecule has 2 nitrogen and oxygen atoms in total. The van der Waals surface area contributed by atoms with E-state index in [1.54, 1.807) is 0 Å².